The molecule has 0 amide bonds. The number of thioether (sulfide) groups is 1. The van der Waals surface area contributed by atoms with Crippen molar-refractivity contribution in [3.63, 3.8) is 0 Å². The van der Waals surface area contributed by atoms with E-state index >= 15 is 0 Å². The molecule has 2 heterocycles. The van der Waals surface area contributed by atoms with Crippen molar-refractivity contribution in [2.75, 3.05) is 5.75 Å². The molecule has 16 heavy (non-hydrogen) atoms. The van der Waals surface area contributed by atoms with Gasteiger partial charge in [0.1, 0.15) is 0 Å². The number of nitrogens with one attached hydrogen (secondary N) is 1. The van der Waals surface area contributed by atoms with Gasteiger partial charge < -0.3 is 9.84 Å². The molecule has 5 heteroatoms. The Labute approximate surface area is 101 Å². The Bertz CT molecular complexity index is 345. The average molecular weight is 241 g/mol. The Hall–Kier alpha value is -0.550. The molecule has 1 atom stereocenters. The summed E-state index contributed by atoms with van der Waals surface area (Å²) in [6.45, 7) is 7.09. The minimum atomic E-state index is 0.0447. The van der Waals surface area contributed by atoms with Crippen LogP contribution in [0.15, 0.2) is 4.52 Å². The molecule has 1 saturated heterocycles. The van der Waals surface area contributed by atoms with Gasteiger partial charge in [-0.15, -0.1) is 11.8 Å². The van der Waals surface area contributed by atoms with Crippen LogP contribution in [-0.2, 0) is 11.3 Å². The van der Waals surface area contributed by atoms with Gasteiger partial charge in [0.25, 0.3) is 0 Å². The van der Waals surface area contributed by atoms with Crippen LogP contribution in [0.5, 0.6) is 0 Å². The zero-order valence-corrected chi connectivity index (χ0v) is 10.9. The van der Waals surface area contributed by atoms with Crippen LogP contribution in [0.1, 0.15) is 45.3 Å². The van der Waals surface area contributed by atoms with E-state index in [4.69, 9.17) is 4.52 Å². The summed E-state index contributed by atoms with van der Waals surface area (Å²) in [5.41, 5.74) is 0. The maximum atomic E-state index is 5.36. The zero-order valence-electron chi connectivity index (χ0n) is 10.1. The molecule has 0 aliphatic carbocycles. The first kappa shape index (κ1) is 11.9. The van der Waals surface area contributed by atoms with Crippen molar-refractivity contribution >= 4 is 11.8 Å². The highest BCUT2D eigenvalue weighted by Crippen LogP contribution is 2.45. The van der Waals surface area contributed by atoms with Crippen molar-refractivity contribution in [1.29, 1.82) is 0 Å². The van der Waals surface area contributed by atoms with Crippen LogP contribution in [0.25, 0.3) is 0 Å². The van der Waals surface area contributed by atoms with E-state index in [0.717, 1.165) is 18.1 Å². The summed E-state index contributed by atoms with van der Waals surface area (Å²) in [5.74, 6) is 2.74. The predicted octanol–water partition coefficient (Wildman–Crippen LogP) is 2.31. The van der Waals surface area contributed by atoms with Crippen molar-refractivity contribution in [3.05, 3.63) is 11.7 Å². The standard InChI is InChI=1S/C11H19N3OS/c1-8(2)12-7-9-13-10(15-14-9)11(3)5-4-6-16-11/h8,12H,4-7H2,1-3H3. The first-order valence-electron chi connectivity index (χ1n) is 5.80. The number of hydrogen-bond acceptors (Lipinski definition) is 5. The number of hydrogen-bond donors (Lipinski definition) is 1. The van der Waals surface area contributed by atoms with Gasteiger partial charge in [-0.05, 0) is 25.5 Å². The van der Waals surface area contributed by atoms with Gasteiger partial charge in [0, 0.05) is 6.04 Å². The topological polar surface area (TPSA) is 51.0 Å². The van der Waals surface area contributed by atoms with Gasteiger partial charge in [0.2, 0.25) is 5.89 Å². The van der Waals surface area contributed by atoms with E-state index in [2.05, 4.69) is 36.2 Å². The highest BCUT2D eigenvalue weighted by molar-refractivity contribution is 8.00. The SMILES string of the molecule is CC(C)NCc1noc(C2(C)CCCS2)n1. The van der Waals surface area contributed by atoms with Crippen LogP contribution < -0.4 is 5.32 Å². The molecule has 1 fully saturated rings. The van der Waals surface area contributed by atoms with E-state index in [1.165, 1.54) is 12.2 Å². The summed E-state index contributed by atoms with van der Waals surface area (Å²) in [4.78, 5) is 4.47. The minimum Gasteiger partial charge on any atom is -0.338 e. The second kappa shape index (κ2) is 4.75. The monoisotopic (exact) mass is 241 g/mol. The van der Waals surface area contributed by atoms with Crippen LogP contribution in [-0.4, -0.2) is 21.9 Å². The van der Waals surface area contributed by atoms with E-state index in [9.17, 15) is 0 Å². The molecule has 1 N–H and O–H groups in total. The van der Waals surface area contributed by atoms with E-state index in [-0.39, 0.29) is 4.75 Å². The fourth-order valence-electron chi connectivity index (χ4n) is 1.78. The Morgan fingerprint density at radius 2 is 2.38 bits per heavy atom. The Morgan fingerprint density at radius 1 is 1.56 bits per heavy atom. The molecule has 0 aromatic carbocycles. The summed E-state index contributed by atoms with van der Waals surface area (Å²) in [7, 11) is 0. The average Bonchev–Trinajstić information content (AvgIpc) is 2.84. The number of rotatable bonds is 4. The van der Waals surface area contributed by atoms with Crippen molar-refractivity contribution in [1.82, 2.24) is 15.5 Å². The van der Waals surface area contributed by atoms with Crippen LogP contribution in [0, 0.1) is 0 Å². The molecule has 90 valence electrons. The normalized spacial score (nSPS) is 25.5. The van der Waals surface area contributed by atoms with Gasteiger partial charge in [-0.1, -0.05) is 19.0 Å². The zero-order chi connectivity index (χ0) is 11.6. The molecule has 0 bridgehead atoms. The quantitative estimate of drug-likeness (QED) is 0.876. The largest absolute Gasteiger partial charge is 0.338 e. The lowest BCUT2D eigenvalue weighted by Crippen LogP contribution is -2.22. The van der Waals surface area contributed by atoms with Crippen molar-refractivity contribution < 1.29 is 4.52 Å². The fourth-order valence-corrected chi connectivity index (χ4v) is 3.02. The van der Waals surface area contributed by atoms with Gasteiger partial charge in [0.15, 0.2) is 5.82 Å². The minimum absolute atomic E-state index is 0.0447. The highest BCUT2D eigenvalue weighted by atomic mass is 32.2. The Kier molecular flexibility index (Phi) is 3.54. The van der Waals surface area contributed by atoms with E-state index in [1.54, 1.807) is 0 Å². The molecule has 1 unspecified atom stereocenters. The molecule has 0 radical (unpaired) electrons. The number of nitrogens with zero attached hydrogens (tertiary/aromatic N) is 2. The third-order valence-corrected chi connectivity index (χ3v) is 4.32. The summed E-state index contributed by atoms with van der Waals surface area (Å²) in [6.07, 6.45) is 2.38. The van der Waals surface area contributed by atoms with E-state index in [0.29, 0.717) is 12.6 Å². The van der Waals surface area contributed by atoms with Crippen molar-refractivity contribution in [2.24, 2.45) is 0 Å². The third-order valence-electron chi connectivity index (χ3n) is 2.81. The van der Waals surface area contributed by atoms with E-state index in [1.807, 2.05) is 11.8 Å². The van der Waals surface area contributed by atoms with Gasteiger partial charge in [-0.3, -0.25) is 0 Å². The first-order valence-corrected chi connectivity index (χ1v) is 6.79. The van der Waals surface area contributed by atoms with Crippen LogP contribution in [0.2, 0.25) is 0 Å². The lowest BCUT2D eigenvalue weighted by atomic mass is 10.1. The molecule has 2 rings (SSSR count). The second-order valence-corrected chi connectivity index (χ2v) is 6.33. The van der Waals surface area contributed by atoms with Crippen molar-refractivity contribution in [3.8, 4) is 0 Å². The molecule has 1 aliphatic rings. The maximum Gasteiger partial charge on any atom is 0.242 e. The first-order chi connectivity index (χ1) is 7.60. The Balaban J connectivity index is 2.01. The molecular weight excluding hydrogens is 222 g/mol. The molecule has 1 aromatic heterocycles. The summed E-state index contributed by atoms with van der Waals surface area (Å²) in [6, 6.07) is 0.443. The third kappa shape index (κ3) is 2.58. The molecule has 1 aromatic rings. The summed E-state index contributed by atoms with van der Waals surface area (Å²) < 4.78 is 5.41. The van der Waals surface area contributed by atoms with Gasteiger partial charge >= 0.3 is 0 Å². The van der Waals surface area contributed by atoms with Crippen molar-refractivity contribution in [2.45, 2.75) is 50.9 Å². The van der Waals surface area contributed by atoms with Gasteiger partial charge in [-0.2, -0.15) is 4.98 Å². The van der Waals surface area contributed by atoms with Crippen LogP contribution in [0.3, 0.4) is 0 Å². The second-order valence-electron chi connectivity index (χ2n) is 4.73. The van der Waals surface area contributed by atoms with E-state index < -0.39 is 0 Å². The molecule has 0 spiro atoms. The smallest absolute Gasteiger partial charge is 0.242 e. The summed E-state index contributed by atoms with van der Waals surface area (Å²) >= 11 is 1.92. The number of aromatic nitrogens is 2. The summed E-state index contributed by atoms with van der Waals surface area (Å²) in [5, 5.41) is 7.30. The lowest BCUT2D eigenvalue weighted by Gasteiger charge is -2.16. The molecule has 1 aliphatic heterocycles. The highest BCUT2D eigenvalue weighted by Gasteiger charge is 2.36. The Morgan fingerprint density at radius 3 is 3.00 bits per heavy atom. The van der Waals surface area contributed by atoms with Gasteiger partial charge in [0.05, 0.1) is 11.3 Å². The molecule has 0 saturated carbocycles. The van der Waals surface area contributed by atoms with Crippen LogP contribution >= 0.6 is 11.8 Å². The lowest BCUT2D eigenvalue weighted by molar-refractivity contribution is 0.338. The molecular formula is C11H19N3OS. The fraction of sp³-hybridized carbons (Fsp3) is 0.818. The maximum absolute atomic E-state index is 5.36. The van der Waals surface area contributed by atoms with Crippen LogP contribution in [0.4, 0.5) is 0 Å². The predicted molar refractivity (Wildman–Crippen MR) is 65.3 cm³/mol. The van der Waals surface area contributed by atoms with Gasteiger partial charge in [-0.25, -0.2) is 0 Å². The molecule has 4 nitrogen and oxygen atoms in total.